The zero-order chi connectivity index (χ0) is 22.6. The highest BCUT2D eigenvalue weighted by Crippen LogP contribution is 2.37. The van der Waals surface area contributed by atoms with Crippen LogP contribution in [0.3, 0.4) is 0 Å². The van der Waals surface area contributed by atoms with E-state index in [-0.39, 0.29) is 17.2 Å². The fourth-order valence-electron chi connectivity index (χ4n) is 2.70. The Morgan fingerprint density at radius 2 is 2.06 bits per heavy atom. The molecule has 0 saturated carbocycles. The van der Waals surface area contributed by atoms with Gasteiger partial charge in [-0.25, -0.2) is 4.98 Å². The molecule has 13 nitrogen and oxygen atoms in total. The summed E-state index contributed by atoms with van der Waals surface area (Å²) in [6, 6.07) is 6.53. The zero-order valence-electron chi connectivity index (χ0n) is 16.8. The molecule has 0 fully saturated rings. The minimum absolute atomic E-state index is 0.0614. The Labute approximate surface area is 176 Å². The average molecular weight is 426 g/mol. The monoisotopic (exact) mass is 426 g/mol. The lowest BCUT2D eigenvalue weighted by molar-refractivity contribution is -0.105. The molecule has 1 aromatic carbocycles. The van der Waals surface area contributed by atoms with Crippen molar-refractivity contribution in [1.29, 1.82) is 0 Å². The summed E-state index contributed by atoms with van der Waals surface area (Å²) in [6.45, 7) is 0. The van der Waals surface area contributed by atoms with Crippen LogP contribution in [0.5, 0.6) is 5.75 Å². The molecule has 0 saturated heterocycles. The van der Waals surface area contributed by atoms with Crippen LogP contribution in [-0.2, 0) is 11.8 Å². The predicted octanol–water partition coefficient (Wildman–Crippen LogP) is -1.45. The van der Waals surface area contributed by atoms with Crippen molar-refractivity contribution in [2.75, 3.05) is 17.7 Å². The van der Waals surface area contributed by atoms with Gasteiger partial charge in [0.2, 0.25) is 14.3 Å². The topological polar surface area (TPSA) is 176 Å². The van der Waals surface area contributed by atoms with Crippen molar-refractivity contribution in [1.82, 2.24) is 30.3 Å². The Morgan fingerprint density at radius 3 is 2.68 bits per heavy atom. The maximum atomic E-state index is 12.5. The maximum Gasteiger partial charge on any atom is 0.277 e. The van der Waals surface area contributed by atoms with Gasteiger partial charge in [-0.3, -0.25) is 14.3 Å². The molecule has 2 amide bonds. The molecule has 0 radical (unpaired) electrons. The van der Waals surface area contributed by atoms with Crippen LogP contribution < -0.4 is 20.7 Å². The lowest BCUT2D eigenvalue weighted by atomic mass is 10.0. The van der Waals surface area contributed by atoms with Gasteiger partial charge in [0.1, 0.15) is 6.33 Å². The first-order valence-corrected chi connectivity index (χ1v) is 8.87. The van der Waals surface area contributed by atoms with E-state index in [9.17, 15) is 19.8 Å². The summed E-state index contributed by atoms with van der Waals surface area (Å²) >= 11 is 0. The molecule has 3 aromatic rings. The number of anilines is 3. The number of para-hydroxylation sites is 1. The Hall–Kier alpha value is -4.04. The molecule has 0 bridgehead atoms. The number of methoxy groups -OCH3 is 1. The van der Waals surface area contributed by atoms with Gasteiger partial charge in [0.25, 0.3) is 5.91 Å². The van der Waals surface area contributed by atoms with E-state index in [4.69, 9.17) is 4.74 Å². The van der Waals surface area contributed by atoms with E-state index >= 15 is 0 Å². The van der Waals surface area contributed by atoms with Gasteiger partial charge in [0.15, 0.2) is 28.9 Å². The Bertz CT molecular complexity index is 1110. The van der Waals surface area contributed by atoms with Gasteiger partial charge in [0, 0.05) is 13.1 Å². The first-order chi connectivity index (χ1) is 14.7. The fourth-order valence-corrected chi connectivity index (χ4v) is 2.70. The lowest BCUT2D eigenvalue weighted by Gasteiger charge is -2.19. The van der Waals surface area contributed by atoms with E-state index < -0.39 is 11.7 Å². The molecule has 2 heterocycles. The second-order valence-corrected chi connectivity index (χ2v) is 6.48. The van der Waals surface area contributed by atoms with Crippen molar-refractivity contribution in [3.63, 3.8) is 0 Å². The molecule has 0 atom stereocenters. The summed E-state index contributed by atoms with van der Waals surface area (Å²) in [5, 5.41) is 38.0. The molecule has 2 aromatic heterocycles. The largest absolute Gasteiger partial charge is 0.494 e. The standard InChI is InChI=1S/C17H19BN8O5/c1-26-7-19-15(25-26)9-4-3-5-10(14(9)31-2)21-11-6-12(20-8-27)23-24-13(11)16(28)22-17(18,29)30/h3-8,29-30H,18H2,1-2H3,(H,22,28)(H2,20,21,23,27). The van der Waals surface area contributed by atoms with Crippen LogP contribution in [0.2, 0.25) is 0 Å². The van der Waals surface area contributed by atoms with Crippen LogP contribution in [0.25, 0.3) is 11.4 Å². The number of hydrogen-bond donors (Lipinski definition) is 5. The molecule has 0 unspecified atom stereocenters. The molecule has 0 aliphatic rings. The normalized spacial score (nSPS) is 11.0. The van der Waals surface area contributed by atoms with Crippen LogP contribution in [0, 0.1) is 0 Å². The van der Waals surface area contributed by atoms with Crippen molar-refractivity contribution in [2.24, 2.45) is 7.05 Å². The van der Waals surface area contributed by atoms with E-state index in [2.05, 4.69) is 30.9 Å². The Balaban J connectivity index is 2.05. The molecule has 3 rings (SSSR count). The number of benzene rings is 1. The number of amides is 2. The first-order valence-electron chi connectivity index (χ1n) is 8.87. The molecule has 0 aliphatic heterocycles. The highest BCUT2D eigenvalue weighted by Gasteiger charge is 2.24. The van der Waals surface area contributed by atoms with Crippen molar-refractivity contribution < 1.29 is 24.5 Å². The number of nitrogens with zero attached hydrogens (tertiary/aromatic N) is 5. The van der Waals surface area contributed by atoms with Crippen LogP contribution in [0.15, 0.2) is 30.6 Å². The second-order valence-electron chi connectivity index (χ2n) is 6.48. The minimum Gasteiger partial charge on any atom is -0.494 e. The minimum atomic E-state index is -2.47. The van der Waals surface area contributed by atoms with Crippen LogP contribution >= 0.6 is 0 Å². The summed E-state index contributed by atoms with van der Waals surface area (Å²) in [4.78, 5) is 27.5. The van der Waals surface area contributed by atoms with Gasteiger partial charge in [-0.05, 0) is 12.1 Å². The molecule has 0 aliphatic carbocycles. The van der Waals surface area contributed by atoms with Crippen LogP contribution in [0.1, 0.15) is 10.5 Å². The Morgan fingerprint density at radius 1 is 1.29 bits per heavy atom. The van der Waals surface area contributed by atoms with Crippen LogP contribution in [0.4, 0.5) is 17.2 Å². The molecule has 160 valence electrons. The first kappa shape index (κ1) is 21.7. The number of ether oxygens (including phenoxy) is 1. The maximum absolute atomic E-state index is 12.5. The number of hydrogen-bond acceptors (Lipinski definition) is 10. The number of aliphatic hydroxyl groups is 2. The fraction of sp³-hybridized carbons (Fsp3) is 0.176. The van der Waals surface area contributed by atoms with E-state index in [1.807, 2.05) is 5.32 Å². The quantitative estimate of drug-likeness (QED) is 0.163. The van der Waals surface area contributed by atoms with Gasteiger partial charge in [-0.1, -0.05) is 6.07 Å². The lowest BCUT2D eigenvalue weighted by Crippen LogP contribution is -2.49. The number of nitrogens with one attached hydrogen (secondary N) is 3. The van der Waals surface area contributed by atoms with Crippen LogP contribution in [-0.4, -0.2) is 68.3 Å². The molecule has 0 spiro atoms. The van der Waals surface area contributed by atoms with E-state index in [1.54, 1.807) is 36.3 Å². The van der Waals surface area contributed by atoms with Gasteiger partial charge >= 0.3 is 0 Å². The third-order valence-electron chi connectivity index (χ3n) is 3.90. The summed E-state index contributed by atoms with van der Waals surface area (Å²) in [5.41, 5.74) is 0.882. The molecule has 14 heteroatoms. The molecule has 5 N–H and O–H groups in total. The zero-order valence-corrected chi connectivity index (χ0v) is 16.8. The number of aromatic nitrogens is 5. The van der Waals surface area contributed by atoms with E-state index in [1.165, 1.54) is 13.2 Å². The smallest absolute Gasteiger partial charge is 0.277 e. The van der Waals surface area contributed by atoms with Crippen molar-refractivity contribution >= 4 is 37.4 Å². The predicted molar refractivity (Wildman–Crippen MR) is 111 cm³/mol. The number of rotatable bonds is 8. The summed E-state index contributed by atoms with van der Waals surface area (Å²) in [6.07, 6.45) is 1.95. The molecular formula is C17H19BN8O5. The van der Waals surface area contributed by atoms with E-state index in [0.717, 1.165) is 7.85 Å². The average Bonchev–Trinajstić information content (AvgIpc) is 3.13. The SMILES string of the molecule is BC(O)(O)NC(=O)c1nnc(NC=O)cc1Nc1cccc(-c2ncn(C)n2)c1OC. The van der Waals surface area contributed by atoms with Gasteiger partial charge in [-0.15, -0.1) is 10.2 Å². The second kappa shape index (κ2) is 8.77. The molecule has 31 heavy (non-hydrogen) atoms. The van der Waals surface area contributed by atoms with Gasteiger partial charge in [-0.2, -0.15) is 5.10 Å². The third-order valence-corrected chi connectivity index (χ3v) is 3.90. The van der Waals surface area contributed by atoms with Gasteiger partial charge < -0.3 is 30.9 Å². The summed E-state index contributed by atoms with van der Waals surface area (Å²) < 4.78 is 7.07. The third kappa shape index (κ3) is 5.12. The summed E-state index contributed by atoms with van der Waals surface area (Å²) in [7, 11) is 4.17. The number of aryl methyl sites for hydroxylation is 1. The highest BCUT2D eigenvalue weighted by molar-refractivity contribution is 6.15. The van der Waals surface area contributed by atoms with Crippen molar-refractivity contribution in [3.8, 4) is 17.1 Å². The van der Waals surface area contributed by atoms with Crippen molar-refractivity contribution in [2.45, 2.75) is 5.81 Å². The highest BCUT2D eigenvalue weighted by atomic mass is 16.5. The van der Waals surface area contributed by atoms with Crippen molar-refractivity contribution in [3.05, 3.63) is 36.3 Å². The summed E-state index contributed by atoms with van der Waals surface area (Å²) in [5.74, 6) is -2.52. The Kier molecular flexibility index (Phi) is 6.13. The van der Waals surface area contributed by atoms with E-state index in [0.29, 0.717) is 29.2 Å². The van der Waals surface area contributed by atoms with Gasteiger partial charge in [0.05, 0.1) is 24.0 Å². The number of carbonyl (C=O) groups excluding carboxylic acids is 2. The molecular weight excluding hydrogens is 407 g/mol. The number of carbonyl (C=O) groups is 2.